The molecule has 134 valence electrons. The van der Waals surface area contributed by atoms with E-state index in [-0.39, 0.29) is 12.4 Å². The van der Waals surface area contributed by atoms with Crippen molar-refractivity contribution in [1.82, 2.24) is 5.32 Å². The molecule has 0 radical (unpaired) electrons. The van der Waals surface area contributed by atoms with Gasteiger partial charge in [-0.15, -0.1) is 0 Å². The Hall–Kier alpha value is -1.88. The highest BCUT2D eigenvalue weighted by Gasteiger charge is 2.10. The maximum absolute atomic E-state index is 13.9. The molecule has 0 aliphatic rings. The third-order valence-corrected chi connectivity index (χ3v) is 4.79. The van der Waals surface area contributed by atoms with Gasteiger partial charge in [0.15, 0.2) is 0 Å². The zero-order chi connectivity index (χ0) is 18.4. The molecule has 0 saturated carbocycles. The number of benzene rings is 3. The highest BCUT2D eigenvalue weighted by molar-refractivity contribution is 9.10. The molecular weight excluding hydrogens is 417 g/mol. The summed E-state index contributed by atoms with van der Waals surface area (Å²) < 4.78 is 20.7. The van der Waals surface area contributed by atoms with Crippen LogP contribution in [0.15, 0.2) is 71.2 Å². The summed E-state index contributed by atoms with van der Waals surface area (Å²) in [5.41, 5.74) is 2.56. The molecule has 0 heterocycles. The van der Waals surface area contributed by atoms with Gasteiger partial charge in [-0.25, -0.2) is 4.39 Å². The van der Waals surface area contributed by atoms with E-state index in [4.69, 9.17) is 16.3 Å². The number of hydrogen-bond donors (Lipinski definition) is 1. The minimum Gasteiger partial charge on any atom is -0.488 e. The van der Waals surface area contributed by atoms with E-state index in [0.717, 1.165) is 16.6 Å². The molecule has 0 bridgehead atoms. The first kappa shape index (κ1) is 18.9. The Morgan fingerprint density at radius 2 is 1.77 bits per heavy atom. The summed E-state index contributed by atoms with van der Waals surface area (Å²) in [6.45, 7) is 1.47. The Balaban J connectivity index is 1.67. The lowest BCUT2D eigenvalue weighted by molar-refractivity contribution is 0.296. The standard InChI is InChI=1S/C21H18BrClFNO/c22-17-9-10-21(26-14-18-19(23)7-4-8-20(18)24)16(11-17)13-25-12-15-5-2-1-3-6-15/h1-11,25H,12-14H2. The zero-order valence-corrected chi connectivity index (χ0v) is 16.4. The quantitative estimate of drug-likeness (QED) is 0.484. The first-order valence-corrected chi connectivity index (χ1v) is 9.39. The van der Waals surface area contributed by atoms with Crippen molar-refractivity contribution >= 4 is 27.5 Å². The van der Waals surface area contributed by atoms with Gasteiger partial charge in [-0.2, -0.15) is 0 Å². The lowest BCUT2D eigenvalue weighted by Gasteiger charge is -2.14. The van der Waals surface area contributed by atoms with Gasteiger partial charge in [-0.3, -0.25) is 0 Å². The van der Waals surface area contributed by atoms with Crippen LogP contribution in [0, 0.1) is 5.82 Å². The minimum atomic E-state index is -0.363. The van der Waals surface area contributed by atoms with E-state index in [1.807, 2.05) is 36.4 Å². The van der Waals surface area contributed by atoms with Crippen LogP contribution in [-0.4, -0.2) is 0 Å². The predicted molar refractivity (Wildman–Crippen MR) is 107 cm³/mol. The summed E-state index contributed by atoms with van der Waals surface area (Å²) >= 11 is 9.56. The maximum atomic E-state index is 13.9. The molecule has 0 unspecified atom stereocenters. The van der Waals surface area contributed by atoms with E-state index in [0.29, 0.717) is 22.9 Å². The van der Waals surface area contributed by atoms with Crippen molar-refractivity contribution in [3.63, 3.8) is 0 Å². The summed E-state index contributed by atoms with van der Waals surface area (Å²) in [7, 11) is 0. The van der Waals surface area contributed by atoms with Crippen molar-refractivity contribution in [2.75, 3.05) is 0 Å². The molecule has 0 spiro atoms. The van der Waals surface area contributed by atoms with Gasteiger partial charge in [0.25, 0.3) is 0 Å². The van der Waals surface area contributed by atoms with Gasteiger partial charge in [0.1, 0.15) is 18.2 Å². The van der Waals surface area contributed by atoms with Crippen LogP contribution < -0.4 is 10.1 Å². The fraction of sp³-hybridized carbons (Fsp3) is 0.143. The van der Waals surface area contributed by atoms with Crippen LogP contribution in [0.4, 0.5) is 4.39 Å². The van der Waals surface area contributed by atoms with Crippen LogP contribution in [0.1, 0.15) is 16.7 Å². The Bertz CT molecular complexity index is 853. The van der Waals surface area contributed by atoms with Crippen LogP contribution in [0.2, 0.25) is 5.02 Å². The molecule has 0 aliphatic carbocycles. The van der Waals surface area contributed by atoms with Crippen molar-refractivity contribution in [1.29, 1.82) is 0 Å². The molecule has 3 aromatic carbocycles. The van der Waals surface area contributed by atoms with Crippen LogP contribution >= 0.6 is 27.5 Å². The predicted octanol–water partition coefficient (Wildman–Crippen LogP) is 6.11. The molecule has 0 saturated heterocycles. The SMILES string of the molecule is Fc1cccc(Cl)c1COc1ccc(Br)cc1CNCc1ccccc1. The first-order chi connectivity index (χ1) is 12.6. The van der Waals surface area contributed by atoms with Crippen molar-refractivity contribution < 1.29 is 9.13 Å². The average molecular weight is 435 g/mol. The number of hydrogen-bond acceptors (Lipinski definition) is 2. The molecule has 0 aliphatic heterocycles. The van der Waals surface area contributed by atoms with Crippen LogP contribution in [0.3, 0.4) is 0 Å². The smallest absolute Gasteiger partial charge is 0.131 e. The fourth-order valence-corrected chi connectivity index (χ4v) is 3.21. The second kappa shape index (κ2) is 9.17. The molecule has 0 aromatic heterocycles. The molecule has 2 nitrogen and oxygen atoms in total. The molecular formula is C21H18BrClFNO. The second-order valence-corrected chi connectivity index (χ2v) is 7.15. The summed E-state index contributed by atoms with van der Waals surface area (Å²) in [5.74, 6) is 0.339. The molecule has 1 N–H and O–H groups in total. The van der Waals surface area contributed by atoms with Crippen molar-refractivity contribution in [3.05, 3.63) is 98.7 Å². The summed E-state index contributed by atoms with van der Waals surface area (Å²) in [5, 5.41) is 3.77. The molecule has 0 amide bonds. The normalized spacial score (nSPS) is 10.7. The van der Waals surface area contributed by atoms with E-state index in [1.165, 1.54) is 11.6 Å². The molecule has 3 aromatic rings. The molecule has 26 heavy (non-hydrogen) atoms. The van der Waals surface area contributed by atoms with Gasteiger partial charge in [0.2, 0.25) is 0 Å². The highest BCUT2D eigenvalue weighted by Crippen LogP contribution is 2.26. The summed E-state index contributed by atoms with van der Waals surface area (Å²) in [4.78, 5) is 0. The third kappa shape index (κ3) is 5.07. The third-order valence-electron chi connectivity index (χ3n) is 3.94. The lowest BCUT2D eigenvalue weighted by Crippen LogP contribution is -2.13. The van der Waals surface area contributed by atoms with E-state index >= 15 is 0 Å². The monoisotopic (exact) mass is 433 g/mol. The molecule has 5 heteroatoms. The molecule has 0 fully saturated rings. The van der Waals surface area contributed by atoms with Gasteiger partial charge in [-0.1, -0.05) is 63.9 Å². The van der Waals surface area contributed by atoms with Gasteiger partial charge >= 0.3 is 0 Å². The van der Waals surface area contributed by atoms with Gasteiger partial charge in [0.05, 0.1) is 5.02 Å². The second-order valence-electron chi connectivity index (χ2n) is 5.83. The topological polar surface area (TPSA) is 21.3 Å². The summed E-state index contributed by atoms with van der Waals surface area (Å²) in [6.07, 6.45) is 0. The van der Waals surface area contributed by atoms with E-state index in [1.54, 1.807) is 12.1 Å². The van der Waals surface area contributed by atoms with Crippen molar-refractivity contribution in [2.45, 2.75) is 19.7 Å². The average Bonchev–Trinajstić information content (AvgIpc) is 2.64. The summed E-state index contributed by atoms with van der Waals surface area (Å²) in [6, 6.07) is 20.6. The largest absolute Gasteiger partial charge is 0.488 e. The Labute approximate surface area is 166 Å². The van der Waals surface area contributed by atoms with Crippen molar-refractivity contribution in [3.8, 4) is 5.75 Å². The zero-order valence-electron chi connectivity index (χ0n) is 14.0. The Morgan fingerprint density at radius 3 is 2.54 bits per heavy atom. The van der Waals surface area contributed by atoms with Crippen LogP contribution in [-0.2, 0) is 19.7 Å². The van der Waals surface area contributed by atoms with Crippen molar-refractivity contribution in [2.24, 2.45) is 0 Å². The number of halogens is 3. The number of nitrogens with one attached hydrogen (secondary N) is 1. The number of rotatable bonds is 7. The molecule has 3 rings (SSSR count). The van der Waals surface area contributed by atoms with Crippen LogP contribution in [0.5, 0.6) is 5.75 Å². The first-order valence-electron chi connectivity index (χ1n) is 8.22. The van der Waals surface area contributed by atoms with Gasteiger partial charge in [-0.05, 0) is 35.9 Å². The van der Waals surface area contributed by atoms with E-state index in [2.05, 4.69) is 33.4 Å². The maximum Gasteiger partial charge on any atom is 0.131 e. The number of ether oxygens (including phenoxy) is 1. The van der Waals surface area contributed by atoms with Crippen LogP contribution in [0.25, 0.3) is 0 Å². The Kier molecular flexibility index (Phi) is 6.67. The Morgan fingerprint density at radius 1 is 0.962 bits per heavy atom. The van der Waals surface area contributed by atoms with E-state index < -0.39 is 0 Å². The molecule has 0 atom stereocenters. The highest BCUT2D eigenvalue weighted by atomic mass is 79.9. The van der Waals surface area contributed by atoms with Gasteiger partial charge in [0, 0.05) is 28.7 Å². The minimum absolute atomic E-state index is 0.0822. The van der Waals surface area contributed by atoms with E-state index in [9.17, 15) is 4.39 Å². The lowest BCUT2D eigenvalue weighted by atomic mass is 10.1. The fourth-order valence-electron chi connectivity index (χ4n) is 2.58. The van der Waals surface area contributed by atoms with Gasteiger partial charge < -0.3 is 10.1 Å².